The molecular weight excluding hydrogens is 204 g/mol. The molecule has 0 saturated heterocycles. The molecule has 0 aromatic rings. The summed E-state index contributed by atoms with van der Waals surface area (Å²) in [6, 6.07) is 0. The van der Waals surface area contributed by atoms with E-state index in [0.29, 0.717) is 0 Å². The van der Waals surface area contributed by atoms with Crippen LogP contribution in [0.4, 0.5) is 0 Å². The minimum atomic E-state index is 0. The molecule has 0 rings (SSSR count). The second-order valence-electron chi connectivity index (χ2n) is 0.0913. The molecule has 0 aliphatic rings. The first kappa shape index (κ1) is 15.7. The fourth-order valence-electron chi connectivity index (χ4n) is 0. The van der Waals surface area contributed by atoms with Crippen LogP contribution in [0, 0.1) is 10.7 Å². The summed E-state index contributed by atoms with van der Waals surface area (Å²) >= 11 is 3.70. The van der Waals surface area contributed by atoms with Crippen molar-refractivity contribution in [2.75, 3.05) is 0 Å². The van der Waals surface area contributed by atoms with E-state index in [0.717, 1.165) is 0 Å². The Hall–Kier alpha value is 2.01. The molecule has 0 atom stereocenters. The molecule has 5 heavy (non-hydrogen) atoms. The average Bonchev–Trinajstić information content (AvgIpc) is 0.918. The molecule has 0 aromatic heterocycles. The molecule has 4 heteroatoms. The largest absolute Gasteiger partial charge is 2.00 e. The zero-order valence-electron chi connectivity index (χ0n) is 2.67. The molecule has 24 valence electrons. The van der Waals surface area contributed by atoms with Gasteiger partial charge in [0.25, 0.3) is 0 Å². The first-order valence-corrected chi connectivity index (χ1v) is 0.836. The maximum atomic E-state index is 7.13. The van der Waals surface area contributed by atoms with Gasteiger partial charge in [-0.3, -0.25) is 0 Å². The summed E-state index contributed by atoms with van der Waals surface area (Å²) in [6.07, 6.45) is 0. The quantitative estimate of drug-likeness (QED) is 0.238. The van der Waals surface area contributed by atoms with Gasteiger partial charge in [0.05, 0.1) is 0 Å². The van der Waals surface area contributed by atoms with Crippen molar-refractivity contribution in [1.29, 1.82) is 5.26 Å². The third kappa shape index (κ3) is 23.9. The van der Waals surface area contributed by atoms with E-state index in [-0.39, 0.29) is 71.8 Å². The first-order valence-electron chi connectivity index (χ1n) is 0.428. The van der Waals surface area contributed by atoms with Crippen LogP contribution in [-0.4, -0.2) is 0 Å². The summed E-state index contributed by atoms with van der Waals surface area (Å²) in [6.45, 7) is 0. The van der Waals surface area contributed by atoms with Gasteiger partial charge in [-0.1, -0.05) is 5.40 Å². The predicted molar refractivity (Wildman–Crippen MR) is 13.0 cm³/mol. The maximum absolute atomic E-state index is 7.13. The summed E-state index contributed by atoms with van der Waals surface area (Å²) in [5, 5.41) is 8.47. The van der Waals surface area contributed by atoms with E-state index in [1.807, 2.05) is 0 Å². The molecule has 0 aliphatic carbocycles. The minimum Gasteiger partial charge on any atom is -0.696 e. The summed E-state index contributed by atoms with van der Waals surface area (Å²) < 4.78 is 0. The number of nitriles is 1. The third-order valence-electron chi connectivity index (χ3n) is 0. The molecule has 0 N–H and O–H groups in total. The Kier molecular flexibility index (Phi) is 52.4. The van der Waals surface area contributed by atoms with Crippen LogP contribution in [0.3, 0.4) is 0 Å². The summed E-state index contributed by atoms with van der Waals surface area (Å²) in [5.41, 5.74) is 0. The Morgan fingerprint density at radius 2 is 1.60 bits per heavy atom. The van der Waals surface area contributed by atoms with Gasteiger partial charge < -0.3 is 12.6 Å². The Morgan fingerprint density at radius 3 is 1.60 bits per heavy atom. The van der Waals surface area contributed by atoms with Gasteiger partial charge in [-0.05, 0) is 0 Å². The Bertz CT molecular complexity index is 33.1. The van der Waals surface area contributed by atoms with E-state index < -0.39 is 0 Å². The van der Waals surface area contributed by atoms with Crippen LogP contribution in [0.5, 0.6) is 0 Å². The maximum Gasteiger partial charge on any atom is 2.00 e. The third-order valence-corrected chi connectivity index (χ3v) is 0. The van der Waals surface area contributed by atoms with E-state index >= 15 is 0 Å². The summed E-state index contributed by atoms with van der Waals surface area (Å²) in [5.74, 6) is 0. The van der Waals surface area contributed by atoms with Crippen LogP contribution in [0.2, 0.25) is 0 Å². The van der Waals surface area contributed by atoms with Gasteiger partial charge in [0.2, 0.25) is 0 Å². The molecule has 0 unspecified atom stereocenters. The van der Waals surface area contributed by atoms with E-state index in [1.54, 1.807) is 0 Å². The van der Waals surface area contributed by atoms with Gasteiger partial charge in [0.1, 0.15) is 0 Å². The Labute approximate surface area is 93.0 Å². The molecule has 0 fully saturated rings. The van der Waals surface area contributed by atoms with E-state index in [9.17, 15) is 0 Å². The van der Waals surface area contributed by atoms with Crippen LogP contribution >= 0.6 is 0 Å². The van der Waals surface area contributed by atoms with Crippen molar-refractivity contribution in [3.8, 4) is 5.40 Å². The van der Waals surface area contributed by atoms with E-state index in [4.69, 9.17) is 5.26 Å². The van der Waals surface area contributed by atoms with Crippen LogP contribution in [0.15, 0.2) is 0 Å². The van der Waals surface area contributed by atoms with Gasteiger partial charge in [-0.15, -0.1) is 0 Å². The Balaban J connectivity index is -0.0000000200. The molecule has 1 nitrogen and oxygen atoms in total. The number of thiocyanates is 1. The first-order chi connectivity index (χ1) is 1.41. The summed E-state index contributed by atoms with van der Waals surface area (Å²) in [4.78, 5) is 0. The number of hydrogen-bond acceptors (Lipinski definition) is 2. The van der Waals surface area contributed by atoms with Crippen LogP contribution < -0.4 is 51.4 Å². The second-order valence-corrected chi connectivity index (χ2v) is 0.274. The Morgan fingerprint density at radius 1 is 1.60 bits per heavy atom. The minimum absolute atomic E-state index is 0. The molecule has 0 bridgehead atoms. The van der Waals surface area contributed by atoms with E-state index in [2.05, 4.69) is 12.6 Å². The van der Waals surface area contributed by atoms with Gasteiger partial charge in [0, 0.05) is 0 Å². The monoisotopic (exact) mass is 203 g/mol. The molecule has 0 amide bonds. The van der Waals surface area contributed by atoms with Crippen molar-refractivity contribution in [3.63, 3.8) is 0 Å². The SMILES string of the molecule is N#C[S-].[K+].[Pd+2]. The number of rotatable bonds is 0. The molecule has 0 spiro atoms. The van der Waals surface area contributed by atoms with Crippen molar-refractivity contribution in [2.24, 2.45) is 0 Å². The van der Waals surface area contributed by atoms with Gasteiger partial charge in [-0.25, -0.2) is 5.26 Å². The fourth-order valence-corrected chi connectivity index (χ4v) is 0. The molecule has 0 saturated carbocycles. The average molecular weight is 204 g/mol. The van der Waals surface area contributed by atoms with Gasteiger partial charge in [-0.2, -0.15) is 0 Å². The zero-order chi connectivity index (χ0) is 2.71. The van der Waals surface area contributed by atoms with Crippen LogP contribution in [0.1, 0.15) is 0 Å². The van der Waals surface area contributed by atoms with Crippen molar-refractivity contribution < 1.29 is 71.8 Å². The van der Waals surface area contributed by atoms with Gasteiger partial charge >= 0.3 is 71.8 Å². The molecule has 0 radical (unpaired) electrons. The molecule has 0 heterocycles. The molecular formula is CKNPdS+2. The zero-order valence-corrected chi connectivity index (χ0v) is 8.17. The van der Waals surface area contributed by atoms with Crippen LogP contribution in [-0.2, 0) is 33.1 Å². The number of nitrogens with zero attached hydrogens (tertiary/aromatic N) is 1. The van der Waals surface area contributed by atoms with Crippen molar-refractivity contribution >= 4 is 12.6 Å². The van der Waals surface area contributed by atoms with Crippen molar-refractivity contribution in [1.82, 2.24) is 0 Å². The molecule has 0 aromatic carbocycles. The summed E-state index contributed by atoms with van der Waals surface area (Å²) in [7, 11) is 0. The standard InChI is InChI=1S/CHNS.K.Pd/c2-1-3;;/h3H;;/q;+1;+2/p-1. The normalized spacial score (nSPS) is 1.40. The number of hydrogen-bond donors (Lipinski definition) is 0. The smallest absolute Gasteiger partial charge is 0.696 e. The van der Waals surface area contributed by atoms with Crippen molar-refractivity contribution in [2.45, 2.75) is 0 Å². The molecule has 0 aliphatic heterocycles. The van der Waals surface area contributed by atoms with Crippen molar-refractivity contribution in [3.05, 3.63) is 0 Å². The fraction of sp³-hybridized carbons (Fsp3) is 0. The second kappa shape index (κ2) is 16.7. The van der Waals surface area contributed by atoms with Crippen LogP contribution in [0.25, 0.3) is 0 Å². The topological polar surface area (TPSA) is 23.8 Å². The predicted octanol–water partition coefficient (Wildman–Crippen LogP) is -2.98. The van der Waals surface area contributed by atoms with Gasteiger partial charge in [0.15, 0.2) is 0 Å². The van der Waals surface area contributed by atoms with E-state index in [1.165, 1.54) is 5.40 Å².